The summed E-state index contributed by atoms with van der Waals surface area (Å²) in [5.41, 5.74) is 0. The van der Waals surface area contributed by atoms with Crippen LogP contribution in [0.2, 0.25) is 0 Å². The van der Waals surface area contributed by atoms with Crippen LogP contribution in [0.5, 0.6) is 5.75 Å². The summed E-state index contributed by atoms with van der Waals surface area (Å²) >= 11 is 3.36. The van der Waals surface area contributed by atoms with E-state index in [4.69, 9.17) is 9.47 Å². The van der Waals surface area contributed by atoms with Crippen molar-refractivity contribution >= 4 is 27.9 Å². The van der Waals surface area contributed by atoms with Gasteiger partial charge in [0.05, 0.1) is 12.1 Å². The Balaban J connectivity index is 2.51. The van der Waals surface area contributed by atoms with Crippen LogP contribution in [0.25, 0.3) is 0 Å². The number of benzene rings is 1. The highest BCUT2D eigenvalue weighted by Crippen LogP contribution is 2.16. The van der Waals surface area contributed by atoms with E-state index in [2.05, 4.69) is 26.6 Å². The molecule has 2 unspecified atom stereocenters. The minimum Gasteiger partial charge on any atom is -0.491 e. The zero-order valence-electron chi connectivity index (χ0n) is 15.3. The Hall–Kier alpha value is -1.76. The summed E-state index contributed by atoms with van der Waals surface area (Å²) in [4.78, 5) is 24.2. The standard InChI is InChI=1S/C18H27BrN2O4/c1-11(2)16(21-18(23)25-12(3)4)17(22)20-13(5)10-24-15-8-6-14(19)7-9-15/h6-9,11-13,16H,10H2,1-5H3,(H,20,22)(H,21,23). The molecule has 0 aliphatic rings. The second-order valence-corrected chi connectivity index (χ2v) is 7.41. The lowest BCUT2D eigenvalue weighted by molar-refractivity contribution is -0.124. The molecule has 0 radical (unpaired) electrons. The molecule has 2 N–H and O–H groups in total. The van der Waals surface area contributed by atoms with Crippen LogP contribution >= 0.6 is 15.9 Å². The van der Waals surface area contributed by atoms with Gasteiger partial charge in [-0.25, -0.2) is 4.79 Å². The Kier molecular flexibility index (Phi) is 8.75. The van der Waals surface area contributed by atoms with Crippen molar-refractivity contribution in [3.8, 4) is 5.75 Å². The van der Waals surface area contributed by atoms with E-state index < -0.39 is 12.1 Å². The Morgan fingerprint density at radius 3 is 2.16 bits per heavy atom. The molecular formula is C18H27BrN2O4. The van der Waals surface area contributed by atoms with E-state index in [1.165, 1.54) is 0 Å². The lowest BCUT2D eigenvalue weighted by Gasteiger charge is -2.24. The van der Waals surface area contributed by atoms with Gasteiger partial charge in [-0.3, -0.25) is 4.79 Å². The Labute approximate surface area is 157 Å². The number of carbonyl (C=O) groups is 2. The Morgan fingerprint density at radius 2 is 1.64 bits per heavy atom. The summed E-state index contributed by atoms with van der Waals surface area (Å²) in [6, 6.07) is 6.59. The van der Waals surface area contributed by atoms with Crippen molar-refractivity contribution < 1.29 is 19.1 Å². The van der Waals surface area contributed by atoms with Crippen molar-refractivity contribution in [2.75, 3.05) is 6.61 Å². The number of rotatable bonds is 8. The van der Waals surface area contributed by atoms with E-state index in [9.17, 15) is 9.59 Å². The SMILES string of the molecule is CC(COc1ccc(Br)cc1)NC(=O)C(NC(=O)OC(C)C)C(C)C. The van der Waals surface area contributed by atoms with Crippen molar-refractivity contribution in [1.29, 1.82) is 0 Å². The molecule has 0 spiro atoms. The molecule has 25 heavy (non-hydrogen) atoms. The molecule has 2 atom stereocenters. The summed E-state index contributed by atoms with van der Waals surface area (Å²) < 4.78 is 11.7. The third kappa shape index (κ3) is 8.25. The number of ether oxygens (including phenoxy) is 2. The minimum absolute atomic E-state index is 0.0701. The van der Waals surface area contributed by atoms with Crippen LogP contribution in [-0.2, 0) is 9.53 Å². The Morgan fingerprint density at radius 1 is 1.04 bits per heavy atom. The molecule has 6 nitrogen and oxygen atoms in total. The third-order valence-corrected chi connectivity index (χ3v) is 3.80. The number of hydrogen-bond acceptors (Lipinski definition) is 4. The molecule has 0 aliphatic carbocycles. The van der Waals surface area contributed by atoms with E-state index in [1.807, 2.05) is 45.0 Å². The molecule has 7 heteroatoms. The van der Waals surface area contributed by atoms with Crippen LogP contribution in [0.15, 0.2) is 28.7 Å². The first-order chi connectivity index (χ1) is 11.7. The molecule has 0 bridgehead atoms. The summed E-state index contributed by atoms with van der Waals surface area (Å²) in [6.07, 6.45) is -0.836. The minimum atomic E-state index is -0.665. The maximum absolute atomic E-state index is 12.4. The highest BCUT2D eigenvalue weighted by Gasteiger charge is 2.26. The van der Waals surface area contributed by atoms with Gasteiger partial charge in [0, 0.05) is 4.47 Å². The predicted molar refractivity (Wildman–Crippen MR) is 101 cm³/mol. The highest BCUT2D eigenvalue weighted by molar-refractivity contribution is 9.10. The monoisotopic (exact) mass is 414 g/mol. The first-order valence-electron chi connectivity index (χ1n) is 8.35. The first-order valence-corrected chi connectivity index (χ1v) is 9.14. The number of hydrogen-bond donors (Lipinski definition) is 2. The van der Waals surface area contributed by atoms with E-state index in [-0.39, 0.29) is 24.0 Å². The number of carbonyl (C=O) groups excluding carboxylic acids is 2. The van der Waals surface area contributed by atoms with Gasteiger partial charge in [-0.05, 0) is 51.0 Å². The van der Waals surface area contributed by atoms with Gasteiger partial charge in [0.1, 0.15) is 18.4 Å². The summed E-state index contributed by atoms with van der Waals surface area (Å²) in [7, 11) is 0. The summed E-state index contributed by atoms with van der Waals surface area (Å²) in [5.74, 6) is 0.394. The molecule has 0 aliphatic heterocycles. The fourth-order valence-corrected chi connectivity index (χ4v) is 2.30. The average Bonchev–Trinajstić information content (AvgIpc) is 2.51. The fraction of sp³-hybridized carbons (Fsp3) is 0.556. The maximum atomic E-state index is 12.4. The molecule has 1 rings (SSSR count). The molecule has 0 aromatic heterocycles. The van der Waals surface area contributed by atoms with Crippen molar-refractivity contribution in [1.82, 2.24) is 10.6 Å². The molecule has 1 aromatic rings. The quantitative estimate of drug-likeness (QED) is 0.682. The lowest BCUT2D eigenvalue weighted by Crippen LogP contribution is -2.52. The number of nitrogens with one attached hydrogen (secondary N) is 2. The molecule has 0 saturated heterocycles. The van der Waals surface area contributed by atoms with Gasteiger partial charge in [-0.1, -0.05) is 29.8 Å². The van der Waals surface area contributed by atoms with E-state index in [1.54, 1.807) is 13.8 Å². The van der Waals surface area contributed by atoms with Gasteiger partial charge in [0.25, 0.3) is 0 Å². The largest absolute Gasteiger partial charge is 0.491 e. The van der Waals surface area contributed by atoms with Crippen LogP contribution in [-0.4, -0.2) is 36.8 Å². The van der Waals surface area contributed by atoms with Crippen LogP contribution in [0.3, 0.4) is 0 Å². The van der Waals surface area contributed by atoms with Gasteiger partial charge < -0.3 is 20.1 Å². The zero-order chi connectivity index (χ0) is 19.0. The van der Waals surface area contributed by atoms with Crippen molar-refractivity contribution in [3.05, 3.63) is 28.7 Å². The normalized spacial score (nSPS) is 13.3. The average molecular weight is 415 g/mol. The number of halogens is 1. The van der Waals surface area contributed by atoms with Gasteiger partial charge in [0.15, 0.2) is 0 Å². The number of alkyl carbamates (subject to hydrolysis) is 1. The second kappa shape index (κ2) is 10.3. The van der Waals surface area contributed by atoms with Crippen molar-refractivity contribution in [2.45, 2.75) is 52.8 Å². The smallest absolute Gasteiger partial charge is 0.408 e. The molecular weight excluding hydrogens is 388 g/mol. The van der Waals surface area contributed by atoms with Crippen molar-refractivity contribution in [2.24, 2.45) is 5.92 Å². The molecule has 1 aromatic carbocycles. The van der Waals surface area contributed by atoms with E-state index in [0.717, 1.165) is 10.2 Å². The molecule has 0 fully saturated rings. The van der Waals surface area contributed by atoms with Gasteiger partial charge in [0.2, 0.25) is 5.91 Å². The maximum Gasteiger partial charge on any atom is 0.408 e. The van der Waals surface area contributed by atoms with Gasteiger partial charge in [-0.15, -0.1) is 0 Å². The van der Waals surface area contributed by atoms with Gasteiger partial charge in [-0.2, -0.15) is 0 Å². The molecule has 0 heterocycles. The van der Waals surface area contributed by atoms with E-state index in [0.29, 0.717) is 6.61 Å². The van der Waals surface area contributed by atoms with Crippen LogP contribution < -0.4 is 15.4 Å². The highest BCUT2D eigenvalue weighted by atomic mass is 79.9. The summed E-state index contributed by atoms with van der Waals surface area (Å²) in [5, 5.41) is 5.47. The molecule has 0 saturated carbocycles. The molecule has 140 valence electrons. The van der Waals surface area contributed by atoms with Crippen LogP contribution in [0.4, 0.5) is 4.79 Å². The van der Waals surface area contributed by atoms with Crippen LogP contribution in [0.1, 0.15) is 34.6 Å². The van der Waals surface area contributed by atoms with Crippen LogP contribution in [0, 0.1) is 5.92 Å². The summed E-state index contributed by atoms with van der Waals surface area (Å²) in [6.45, 7) is 9.41. The lowest BCUT2D eigenvalue weighted by atomic mass is 10.0. The van der Waals surface area contributed by atoms with Crippen molar-refractivity contribution in [3.63, 3.8) is 0 Å². The first kappa shape index (κ1) is 21.3. The topological polar surface area (TPSA) is 76.7 Å². The number of amides is 2. The second-order valence-electron chi connectivity index (χ2n) is 6.49. The predicted octanol–water partition coefficient (Wildman–Crippen LogP) is 3.49. The zero-order valence-corrected chi connectivity index (χ0v) is 16.9. The fourth-order valence-electron chi connectivity index (χ4n) is 2.04. The third-order valence-electron chi connectivity index (χ3n) is 3.27. The van der Waals surface area contributed by atoms with Gasteiger partial charge >= 0.3 is 6.09 Å². The van der Waals surface area contributed by atoms with E-state index >= 15 is 0 Å². The Bertz CT molecular complexity index is 561. The molecule has 2 amide bonds.